The largest absolute Gasteiger partial charge is 0.393 e. The van der Waals surface area contributed by atoms with Crippen molar-refractivity contribution >= 4 is 29.0 Å². The zero-order chi connectivity index (χ0) is 13.6. The van der Waals surface area contributed by atoms with Crippen LogP contribution < -0.4 is 10.2 Å². The van der Waals surface area contributed by atoms with E-state index in [0.29, 0.717) is 30.8 Å². The number of halogens is 1. The molecular formula is C12H15ClN4O2. The predicted octanol–water partition coefficient (Wildman–Crippen LogP) is 1.19. The van der Waals surface area contributed by atoms with E-state index in [1.54, 1.807) is 0 Å². The Kier molecular flexibility index (Phi) is 3.06. The van der Waals surface area contributed by atoms with Crippen molar-refractivity contribution < 1.29 is 9.90 Å². The SMILES string of the molecule is CCC1C(=O)Nc2cnc(Cl)nc2N1C1CC(O)C1. The molecule has 0 saturated heterocycles. The number of aliphatic hydroxyl groups is 1. The quantitative estimate of drug-likeness (QED) is 0.797. The van der Waals surface area contributed by atoms with Gasteiger partial charge < -0.3 is 15.3 Å². The highest BCUT2D eigenvalue weighted by Crippen LogP contribution is 2.38. The third kappa shape index (κ3) is 2.04. The molecule has 7 heteroatoms. The van der Waals surface area contributed by atoms with Crippen LogP contribution in [0.15, 0.2) is 6.20 Å². The normalized spacial score (nSPS) is 29.5. The van der Waals surface area contributed by atoms with E-state index in [2.05, 4.69) is 15.3 Å². The number of carbonyl (C=O) groups is 1. The third-order valence-electron chi connectivity index (χ3n) is 3.75. The van der Waals surface area contributed by atoms with Crippen LogP contribution in [0, 0.1) is 0 Å². The molecule has 102 valence electrons. The summed E-state index contributed by atoms with van der Waals surface area (Å²) < 4.78 is 0. The van der Waals surface area contributed by atoms with Crippen LogP contribution >= 0.6 is 11.6 Å². The van der Waals surface area contributed by atoms with Crippen molar-refractivity contribution in [1.29, 1.82) is 0 Å². The van der Waals surface area contributed by atoms with Gasteiger partial charge in [0.05, 0.1) is 12.3 Å². The summed E-state index contributed by atoms with van der Waals surface area (Å²) in [6, 6.07) is -0.133. The van der Waals surface area contributed by atoms with E-state index in [-0.39, 0.29) is 29.4 Å². The van der Waals surface area contributed by atoms with Gasteiger partial charge in [0.2, 0.25) is 11.2 Å². The Hall–Kier alpha value is -1.40. The summed E-state index contributed by atoms with van der Waals surface area (Å²) in [5.74, 6) is 0.602. The summed E-state index contributed by atoms with van der Waals surface area (Å²) in [6.07, 6.45) is 3.24. The minimum Gasteiger partial charge on any atom is -0.393 e. The first-order valence-corrected chi connectivity index (χ1v) is 6.77. The van der Waals surface area contributed by atoms with Gasteiger partial charge in [-0.3, -0.25) is 4.79 Å². The number of aliphatic hydroxyl groups excluding tert-OH is 1. The Morgan fingerprint density at radius 1 is 1.58 bits per heavy atom. The van der Waals surface area contributed by atoms with Crippen molar-refractivity contribution in [1.82, 2.24) is 9.97 Å². The molecule has 1 atom stereocenters. The van der Waals surface area contributed by atoms with Gasteiger partial charge in [-0.15, -0.1) is 0 Å². The van der Waals surface area contributed by atoms with Crippen LogP contribution in [-0.4, -0.2) is 39.2 Å². The van der Waals surface area contributed by atoms with Crippen LogP contribution in [0.5, 0.6) is 0 Å². The minimum atomic E-state index is -0.284. The first-order valence-electron chi connectivity index (χ1n) is 6.40. The molecule has 2 N–H and O–H groups in total. The van der Waals surface area contributed by atoms with Crippen molar-refractivity contribution in [2.75, 3.05) is 10.2 Å². The molecule has 2 heterocycles. The molecule has 1 amide bonds. The van der Waals surface area contributed by atoms with Gasteiger partial charge in [-0.1, -0.05) is 6.92 Å². The van der Waals surface area contributed by atoms with Crippen molar-refractivity contribution in [2.24, 2.45) is 0 Å². The second kappa shape index (κ2) is 4.61. The van der Waals surface area contributed by atoms with Gasteiger partial charge in [0.15, 0.2) is 5.82 Å². The van der Waals surface area contributed by atoms with E-state index in [0.717, 1.165) is 0 Å². The van der Waals surface area contributed by atoms with Crippen molar-refractivity contribution in [3.63, 3.8) is 0 Å². The number of carbonyl (C=O) groups excluding carboxylic acids is 1. The average molecular weight is 283 g/mol. The fourth-order valence-corrected chi connectivity index (χ4v) is 2.85. The molecule has 1 unspecified atom stereocenters. The number of amides is 1. The lowest BCUT2D eigenvalue weighted by Crippen LogP contribution is -2.57. The molecule has 1 aliphatic heterocycles. The van der Waals surface area contributed by atoms with Crippen LogP contribution in [0.25, 0.3) is 0 Å². The molecule has 1 aromatic heterocycles. The van der Waals surface area contributed by atoms with Gasteiger partial charge in [-0.05, 0) is 30.9 Å². The number of nitrogens with one attached hydrogen (secondary N) is 1. The van der Waals surface area contributed by atoms with Gasteiger partial charge in [0.1, 0.15) is 11.7 Å². The minimum absolute atomic E-state index is 0.0534. The van der Waals surface area contributed by atoms with Crippen molar-refractivity contribution in [2.45, 2.75) is 44.4 Å². The molecular weight excluding hydrogens is 268 g/mol. The number of aromatic nitrogens is 2. The zero-order valence-corrected chi connectivity index (χ0v) is 11.3. The summed E-state index contributed by atoms with van der Waals surface area (Å²) in [5.41, 5.74) is 0.584. The lowest BCUT2D eigenvalue weighted by Gasteiger charge is -2.47. The summed E-state index contributed by atoms with van der Waals surface area (Å²) in [6.45, 7) is 1.96. The lowest BCUT2D eigenvalue weighted by molar-refractivity contribution is -0.118. The Morgan fingerprint density at radius 2 is 2.32 bits per heavy atom. The van der Waals surface area contributed by atoms with E-state index >= 15 is 0 Å². The van der Waals surface area contributed by atoms with Crippen molar-refractivity contribution in [3.05, 3.63) is 11.5 Å². The van der Waals surface area contributed by atoms with Crippen molar-refractivity contribution in [3.8, 4) is 0 Å². The molecule has 3 rings (SSSR count). The number of hydrogen-bond donors (Lipinski definition) is 2. The molecule has 6 nitrogen and oxygen atoms in total. The zero-order valence-electron chi connectivity index (χ0n) is 10.5. The second-order valence-electron chi connectivity index (χ2n) is 4.98. The molecule has 2 aliphatic rings. The molecule has 1 saturated carbocycles. The Bertz CT molecular complexity index is 518. The lowest BCUT2D eigenvalue weighted by atomic mass is 9.86. The smallest absolute Gasteiger partial charge is 0.247 e. The van der Waals surface area contributed by atoms with Crippen LogP contribution in [0.3, 0.4) is 0 Å². The average Bonchev–Trinajstić information content (AvgIpc) is 2.34. The maximum Gasteiger partial charge on any atom is 0.247 e. The molecule has 0 radical (unpaired) electrons. The number of anilines is 2. The van der Waals surface area contributed by atoms with Gasteiger partial charge >= 0.3 is 0 Å². The number of nitrogens with zero attached hydrogens (tertiary/aromatic N) is 3. The van der Waals surface area contributed by atoms with Gasteiger partial charge in [0, 0.05) is 6.04 Å². The number of rotatable bonds is 2. The summed E-state index contributed by atoms with van der Waals surface area (Å²) >= 11 is 5.85. The molecule has 1 fully saturated rings. The molecule has 0 bridgehead atoms. The number of hydrogen-bond acceptors (Lipinski definition) is 5. The molecule has 19 heavy (non-hydrogen) atoms. The maximum absolute atomic E-state index is 12.1. The van der Waals surface area contributed by atoms with Gasteiger partial charge in [-0.2, -0.15) is 4.98 Å². The van der Waals surface area contributed by atoms with Crippen LogP contribution in [0.4, 0.5) is 11.5 Å². The highest BCUT2D eigenvalue weighted by Gasteiger charge is 2.42. The summed E-state index contributed by atoms with van der Waals surface area (Å²) in [4.78, 5) is 22.2. The molecule has 1 aromatic rings. The predicted molar refractivity (Wildman–Crippen MR) is 71.3 cm³/mol. The Morgan fingerprint density at radius 3 is 2.95 bits per heavy atom. The van der Waals surface area contributed by atoms with Crippen LogP contribution in [0.2, 0.25) is 5.28 Å². The summed E-state index contributed by atoms with van der Waals surface area (Å²) in [7, 11) is 0. The van der Waals surface area contributed by atoms with E-state index in [1.165, 1.54) is 6.20 Å². The topological polar surface area (TPSA) is 78.4 Å². The van der Waals surface area contributed by atoms with Gasteiger partial charge in [0.25, 0.3) is 0 Å². The van der Waals surface area contributed by atoms with E-state index < -0.39 is 0 Å². The third-order valence-corrected chi connectivity index (χ3v) is 3.93. The first kappa shape index (κ1) is 12.6. The van der Waals surface area contributed by atoms with E-state index in [9.17, 15) is 9.90 Å². The summed E-state index contributed by atoms with van der Waals surface area (Å²) in [5, 5.41) is 12.5. The van der Waals surface area contributed by atoms with E-state index in [1.807, 2.05) is 11.8 Å². The fourth-order valence-electron chi connectivity index (χ4n) is 2.72. The monoisotopic (exact) mass is 282 g/mol. The maximum atomic E-state index is 12.1. The van der Waals surface area contributed by atoms with Crippen LogP contribution in [-0.2, 0) is 4.79 Å². The second-order valence-corrected chi connectivity index (χ2v) is 5.31. The Labute approximate surface area is 115 Å². The Balaban J connectivity index is 2.02. The fraction of sp³-hybridized carbons (Fsp3) is 0.583. The highest BCUT2D eigenvalue weighted by molar-refractivity contribution is 6.28. The first-order chi connectivity index (χ1) is 9.10. The standard InChI is InChI=1S/C12H15ClN4O2/c1-2-9-11(19)15-8-5-14-12(13)16-10(8)17(9)6-3-7(18)4-6/h5-7,9,18H,2-4H2,1H3,(H,15,19). The van der Waals surface area contributed by atoms with Crippen LogP contribution in [0.1, 0.15) is 26.2 Å². The highest BCUT2D eigenvalue weighted by atomic mass is 35.5. The molecule has 0 spiro atoms. The molecule has 0 aromatic carbocycles. The number of fused-ring (bicyclic) bond motifs is 1. The molecule has 1 aliphatic carbocycles. The van der Waals surface area contributed by atoms with E-state index in [4.69, 9.17) is 11.6 Å². The van der Waals surface area contributed by atoms with Gasteiger partial charge in [-0.25, -0.2) is 4.98 Å².